The van der Waals surface area contributed by atoms with Gasteiger partial charge in [0.05, 0.1) is 13.1 Å². The third-order valence-electron chi connectivity index (χ3n) is 4.12. The van der Waals surface area contributed by atoms with Crippen molar-refractivity contribution in [2.45, 2.75) is 18.4 Å². The number of carbonyl (C=O) groups is 3. The highest BCUT2D eigenvalue weighted by molar-refractivity contribution is 6.02. The van der Waals surface area contributed by atoms with Crippen molar-refractivity contribution in [3.63, 3.8) is 0 Å². The number of hydrogen-bond donors (Lipinski definition) is 1. The van der Waals surface area contributed by atoms with E-state index in [1.54, 1.807) is 11.9 Å². The van der Waals surface area contributed by atoms with E-state index >= 15 is 0 Å². The lowest BCUT2D eigenvalue weighted by Gasteiger charge is -2.50. The van der Waals surface area contributed by atoms with Crippen molar-refractivity contribution >= 4 is 17.7 Å². The summed E-state index contributed by atoms with van der Waals surface area (Å²) in [4.78, 5) is 42.7. The number of likely N-dealkylation sites (tertiary alicyclic amines) is 2. The minimum absolute atomic E-state index is 0.105. The van der Waals surface area contributed by atoms with Crippen LogP contribution in [-0.2, 0) is 16.6 Å². The second-order valence-electron chi connectivity index (χ2n) is 5.43. The van der Waals surface area contributed by atoms with Crippen LogP contribution in [0.1, 0.15) is 23.5 Å². The van der Waals surface area contributed by atoms with Gasteiger partial charge in [-0.1, -0.05) is 0 Å². The number of primary amides is 1. The number of hydrogen-bond acceptors (Lipinski definition) is 5. The van der Waals surface area contributed by atoms with Crippen molar-refractivity contribution in [2.75, 3.05) is 19.6 Å². The maximum absolute atomic E-state index is 12.6. The second-order valence-corrected chi connectivity index (χ2v) is 5.43. The molecule has 1 atom stereocenters. The molecule has 2 aliphatic heterocycles. The molecule has 21 heavy (non-hydrogen) atoms. The Morgan fingerprint density at radius 3 is 2.81 bits per heavy atom. The molecule has 2 fully saturated rings. The van der Waals surface area contributed by atoms with E-state index in [2.05, 4.69) is 10.1 Å². The van der Waals surface area contributed by atoms with E-state index in [9.17, 15) is 14.4 Å². The lowest BCUT2D eigenvalue weighted by molar-refractivity contribution is -0.160. The van der Waals surface area contributed by atoms with Gasteiger partial charge < -0.3 is 15.5 Å². The first-order valence-corrected chi connectivity index (χ1v) is 6.69. The summed E-state index contributed by atoms with van der Waals surface area (Å²) >= 11 is 0. The Morgan fingerprint density at radius 2 is 2.24 bits per heavy atom. The first kappa shape index (κ1) is 13.5. The van der Waals surface area contributed by atoms with Crippen molar-refractivity contribution in [2.24, 2.45) is 12.8 Å². The standard InChI is InChI=1S/C12H16N6O3/c1-16-9(14-7-15-16)10(20)18-4-2-3-12(18)6-17(11(12)21)5-8(13)19/h7H,2-6H2,1H3,(H2,13,19). The first-order chi connectivity index (χ1) is 9.95. The van der Waals surface area contributed by atoms with Crippen LogP contribution in [0.25, 0.3) is 0 Å². The van der Waals surface area contributed by atoms with Crippen molar-refractivity contribution in [1.82, 2.24) is 24.6 Å². The molecule has 2 N–H and O–H groups in total. The molecule has 2 saturated heterocycles. The molecular formula is C12H16N6O3. The van der Waals surface area contributed by atoms with Gasteiger partial charge in [0.1, 0.15) is 11.9 Å². The van der Waals surface area contributed by atoms with Crippen LogP contribution in [0.15, 0.2) is 6.33 Å². The summed E-state index contributed by atoms with van der Waals surface area (Å²) < 4.78 is 1.39. The van der Waals surface area contributed by atoms with Crippen molar-refractivity contribution < 1.29 is 14.4 Å². The van der Waals surface area contributed by atoms with Crippen LogP contribution >= 0.6 is 0 Å². The van der Waals surface area contributed by atoms with E-state index in [-0.39, 0.29) is 24.2 Å². The fourth-order valence-corrected chi connectivity index (χ4v) is 3.15. The fraction of sp³-hybridized carbons (Fsp3) is 0.583. The molecule has 0 radical (unpaired) electrons. The van der Waals surface area contributed by atoms with Crippen molar-refractivity contribution in [3.05, 3.63) is 12.2 Å². The molecule has 0 bridgehead atoms. The Labute approximate surface area is 120 Å². The molecule has 9 heteroatoms. The summed E-state index contributed by atoms with van der Waals surface area (Å²) in [6.45, 7) is 0.743. The average Bonchev–Trinajstić information content (AvgIpc) is 3.04. The lowest BCUT2D eigenvalue weighted by Crippen LogP contribution is -2.73. The Morgan fingerprint density at radius 1 is 1.48 bits per heavy atom. The van der Waals surface area contributed by atoms with E-state index in [4.69, 9.17) is 5.73 Å². The lowest BCUT2D eigenvalue weighted by atomic mass is 9.85. The minimum Gasteiger partial charge on any atom is -0.368 e. The molecule has 0 aromatic carbocycles. The SMILES string of the molecule is Cn1ncnc1C(=O)N1CCCC12CN(CC(N)=O)C2=O. The Balaban J connectivity index is 1.81. The van der Waals surface area contributed by atoms with Crippen molar-refractivity contribution in [1.29, 1.82) is 0 Å². The zero-order valence-electron chi connectivity index (χ0n) is 11.7. The number of nitrogens with two attached hydrogens (primary N) is 1. The van der Waals surface area contributed by atoms with E-state index in [0.29, 0.717) is 19.5 Å². The molecular weight excluding hydrogens is 276 g/mol. The van der Waals surface area contributed by atoms with E-state index < -0.39 is 11.4 Å². The molecule has 3 amide bonds. The van der Waals surface area contributed by atoms with Crippen LogP contribution in [0, 0.1) is 0 Å². The molecule has 1 aromatic rings. The van der Waals surface area contributed by atoms with Gasteiger partial charge in [-0.15, -0.1) is 0 Å². The zero-order chi connectivity index (χ0) is 15.2. The molecule has 112 valence electrons. The van der Waals surface area contributed by atoms with Gasteiger partial charge >= 0.3 is 0 Å². The largest absolute Gasteiger partial charge is 0.368 e. The van der Waals surface area contributed by atoms with Crippen LogP contribution in [0.2, 0.25) is 0 Å². The summed E-state index contributed by atoms with van der Waals surface area (Å²) in [5, 5.41) is 3.88. The van der Waals surface area contributed by atoms with Gasteiger partial charge in [0.2, 0.25) is 11.7 Å². The predicted molar refractivity (Wildman–Crippen MR) is 69.8 cm³/mol. The summed E-state index contributed by atoms with van der Waals surface area (Å²) in [7, 11) is 1.63. The molecule has 0 saturated carbocycles. The highest BCUT2D eigenvalue weighted by atomic mass is 16.2. The second kappa shape index (κ2) is 4.54. The predicted octanol–water partition coefficient (Wildman–Crippen LogP) is -1.88. The fourth-order valence-electron chi connectivity index (χ4n) is 3.15. The molecule has 1 spiro atoms. The zero-order valence-corrected chi connectivity index (χ0v) is 11.7. The molecule has 2 aliphatic rings. The smallest absolute Gasteiger partial charge is 0.292 e. The topological polar surface area (TPSA) is 114 Å². The van der Waals surface area contributed by atoms with Crippen molar-refractivity contribution in [3.8, 4) is 0 Å². The Kier molecular flexibility index (Phi) is 2.92. The molecule has 3 heterocycles. The van der Waals surface area contributed by atoms with E-state index in [1.165, 1.54) is 15.9 Å². The highest BCUT2D eigenvalue weighted by Crippen LogP contribution is 2.39. The Bertz CT molecular complexity index is 626. The van der Waals surface area contributed by atoms with E-state index in [1.807, 2.05) is 0 Å². The quantitative estimate of drug-likeness (QED) is 0.655. The van der Waals surface area contributed by atoms with Gasteiger partial charge in [0.15, 0.2) is 0 Å². The average molecular weight is 292 g/mol. The van der Waals surface area contributed by atoms with Gasteiger partial charge in [-0.3, -0.25) is 14.4 Å². The van der Waals surface area contributed by atoms with Crippen LogP contribution in [0.4, 0.5) is 0 Å². The van der Waals surface area contributed by atoms with Crippen LogP contribution in [0.5, 0.6) is 0 Å². The van der Waals surface area contributed by atoms with E-state index in [0.717, 1.165) is 6.42 Å². The summed E-state index contributed by atoms with van der Waals surface area (Å²) in [6.07, 6.45) is 2.66. The third-order valence-corrected chi connectivity index (χ3v) is 4.12. The van der Waals surface area contributed by atoms with Crippen LogP contribution < -0.4 is 5.73 Å². The molecule has 9 nitrogen and oxygen atoms in total. The number of rotatable bonds is 3. The third kappa shape index (κ3) is 1.88. The van der Waals surface area contributed by atoms with Gasteiger partial charge in [-0.25, -0.2) is 9.67 Å². The molecule has 1 aromatic heterocycles. The maximum Gasteiger partial charge on any atom is 0.292 e. The monoisotopic (exact) mass is 292 g/mol. The van der Waals surface area contributed by atoms with Gasteiger partial charge in [0, 0.05) is 13.6 Å². The minimum atomic E-state index is -0.835. The summed E-state index contributed by atoms with van der Waals surface area (Å²) in [5.74, 6) is -0.867. The molecule has 3 rings (SSSR count). The van der Waals surface area contributed by atoms with Crippen LogP contribution in [-0.4, -0.2) is 67.5 Å². The highest BCUT2D eigenvalue weighted by Gasteiger charge is 2.60. The number of carbonyl (C=O) groups excluding carboxylic acids is 3. The first-order valence-electron chi connectivity index (χ1n) is 6.69. The number of aromatic nitrogens is 3. The number of β-lactam (4-membered cyclic amide) rings is 1. The normalized spacial score (nSPS) is 24.5. The number of nitrogens with zero attached hydrogens (tertiary/aromatic N) is 5. The number of aryl methyl sites for hydroxylation is 1. The maximum atomic E-state index is 12.6. The summed E-state index contributed by atoms with van der Waals surface area (Å²) in [6, 6.07) is 0. The van der Waals surface area contributed by atoms with Gasteiger partial charge in [0.25, 0.3) is 11.8 Å². The summed E-state index contributed by atoms with van der Waals surface area (Å²) in [5.41, 5.74) is 4.27. The molecule has 1 unspecified atom stereocenters. The number of amides is 3. The Hall–Kier alpha value is -2.45. The molecule has 0 aliphatic carbocycles. The van der Waals surface area contributed by atoms with Crippen LogP contribution in [0.3, 0.4) is 0 Å². The van der Waals surface area contributed by atoms with Gasteiger partial charge in [-0.2, -0.15) is 5.10 Å². The van der Waals surface area contributed by atoms with Gasteiger partial charge in [-0.05, 0) is 12.8 Å².